The maximum Gasteiger partial charge on any atom is 0.562 e. The summed E-state index contributed by atoms with van der Waals surface area (Å²) in [6.07, 6.45) is -2.02. The maximum absolute atomic E-state index is 11.8. The third kappa shape index (κ3) is 9.48. The van der Waals surface area contributed by atoms with E-state index in [9.17, 15) is 14.4 Å². The van der Waals surface area contributed by atoms with Gasteiger partial charge in [0.15, 0.2) is 0 Å². The van der Waals surface area contributed by atoms with E-state index in [0.29, 0.717) is 66.2 Å². The van der Waals surface area contributed by atoms with Crippen molar-refractivity contribution in [2.45, 2.75) is 6.92 Å². The third-order valence-electron chi connectivity index (χ3n) is 8.80. The fourth-order valence-corrected chi connectivity index (χ4v) is 5.87. The van der Waals surface area contributed by atoms with Crippen molar-refractivity contribution in [3.8, 4) is 0 Å². The van der Waals surface area contributed by atoms with Crippen LogP contribution in [0, 0.1) is 0 Å². The molecule has 0 aliphatic carbocycles. The van der Waals surface area contributed by atoms with E-state index in [1.165, 1.54) is 6.92 Å². The quantitative estimate of drug-likeness (QED) is 0.192. The van der Waals surface area contributed by atoms with Gasteiger partial charge in [-0.3, -0.25) is 19.4 Å². The van der Waals surface area contributed by atoms with Gasteiger partial charge in [-0.05, 0) is 104 Å². The summed E-state index contributed by atoms with van der Waals surface area (Å²) in [4.78, 5) is 64.8. The molecular weight excluding hydrogens is 877 g/mol. The van der Waals surface area contributed by atoms with Gasteiger partial charge in [0.25, 0.3) is 0 Å². The SMILES string of the molecule is CC(=O)On1nnc2ccccc21.O=C(On1nnc2ccccc21)On1nnc2ccccc21.O=C(On1nnc2ccccc21)On1nnc2ccccc21.On1nnc2ccccc21. The Morgan fingerprint density at radius 2 is 0.567 bits per heavy atom. The molecule has 12 aromatic rings. The van der Waals surface area contributed by atoms with Gasteiger partial charge in [0.1, 0.15) is 66.2 Å². The van der Waals surface area contributed by atoms with Crippen molar-refractivity contribution in [1.82, 2.24) is 90.9 Å². The fraction of sp³-hybridized carbons (Fsp3) is 0.0250. The molecule has 0 aliphatic rings. The second kappa shape index (κ2) is 18.9. The molecule has 0 spiro atoms. The van der Waals surface area contributed by atoms with Crippen LogP contribution in [0.3, 0.4) is 0 Å². The molecule has 0 saturated heterocycles. The molecule has 0 fully saturated rings. The lowest BCUT2D eigenvalue weighted by molar-refractivity contribution is -0.142. The molecule has 0 unspecified atom stereocenters. The first-order valence-corrected chi connectivity index (χ1v) is 19.3. The molecule has 12 rings (SSSR count). The molecule has 0 bridgehead atoms. The normalized spacial score (nSPS) is 10.7. The number of aromatic nitrogens is 18. The van der Waals surface area contributed by atoms with E-state index in [1.807, 2.05) is 24.3 Å². The van der Waals surface area contributed by atoms with Crippen molar-refractivity contribution in [3.63, 3.8) is 0 Å². The van der Waals surface area contributed by atoms with Crippen molar-refractivity contribution < 1.29 is 43.8 Å². The van der Waals surface area contributed by atoms with Gasteiger partial charge < -0.3 is 10.0 Å². The monoisotopic (exact) mass is 904 g/mol. The highest BCUT2D eigenvalue weighted by atomic mass is 16.9. The minimum Gasteiger partial charge on any atom is -0.410 e. The van der Waals surface area contributed by atoms with Gasteiger partial charge in [-0.1, -0.05) is 102 Å². The number of rotatable bonds is 5. The number of hydrogen-bond donors (Lipinski definition) is 1. The van der Waals surface area contributed by atoms with Crippen molar-refractivity contribution in [3.05, 3.63) is 146 Å². The molecule has 0 saturated carbocycles. The molecule has 0 amide bonds. The van der Waals surface area contributed by atoms with Crippen LogP contribution in [-0.4, -0.2) is 114 Å². The Hall–Kier alpha value is -10.5. The number of carbonyl (C=O) groups is 3. The molecule has 27 nitrogen and oxygen atoms in total. The molecule has 27 heteroatoms. The van der Waals surface area contributed by atoms with Crippen LogP contribution in [0.5, 0.6) is 0 Å². The average Bonchev–Trinajstić information content (AvgIpc) is 4.24. The Morgan fingerprint density at radius 3 is 0.836 bits per heavy atom. The van der Waals surface area contributed by atoms with E-state index in [0.717, 1.165) is 29.1 Å². The average molecular weight is 905 g/mol. The minimum absolute atomic E-state index is 0.421. The zero-order chi connectivity index (χ0) is 46.1. The summed E-state index contributed by atoms with van der Waals surface area (Å²) in [5, 5.41) is 53.9. The molecule has 0 atom stereocenters. The first-order valence-electron chi connectivity index (χ1n) is 19.3. The zero-order valence-corrected chi connectivity index (χ0v) is 34.1. The lowest BCUT2D eigenvalue weighted by atomic mass is 10.3. The summed E-state index contributed by atoms with van der Waals surface area (Å²) in [6.45, 7) is 1.32. The van der Waals surface area contributed by atoms with Gasteiger partial charge in [-0.2, -0.15) is 9.59 Å². The lowest BCUT2D eigenvalue weighted by Crippen LogP contribution is -2.30. The standard InChI is InChI=1S/2C13H8N6O3.C8H7N3O2.C6H5N3O/c2*20-13(21-18-11-7-3-1-5-9(11)14-16-18)22-19-12-8-4-2-6-10(12)15-17-19;1-6(12)13-11-8-5-3-2-4-7(8)9-10-11;10-9-6-4-2-1-3-5(6)7-8-9/h2*1-8H;2-5H,1H3;1-4,10H. The first-order chi connectivity index (χ1) is 32.8. The maximum atomic E-state index is 11.8. The number of para-hydroxylation sites is 6. The molecule has 6 aromatic heterocycles. The molecule has 6 aromatic carbocycles. The number of fused-ring (bicyclic) bond motifs is 6. The number of carbonyl (C=O) groups excluding carboxylic acids is 3. The summed E-state index contributed by atoms with van der Waals surface area (Å²) < 4.78 is 0. The lowest BCUT2D eigenvalue weighted by Gasteiger charge is -2.03. The summed E-state index contributed by atoms with van der Waals surface area (Å²) >= 11 is 0. The van der Waals surface area contributed by atoms with Crippen molar-refractivity contribution in [1.29, 1.82) is 0 Å². The summed E-state index contributed by atoms with van der Waals surface area (Å²) in [5.41, 5.74) is 7.27. The van der Waals surface area contributed by atoms with Crippen molar-refractivity contribution in [2.24, 2.45) is 0 Å². The van der Waals surface area contributed by atoms with Gasteiger partial charge in [-0.25, -0.2) is 4.79 Å². The third-order valence-corrected chi connectivity index (χ3v) is 8.80. The van der Waals surface area contributed by atoms with Gasteiger partial charge in [-0.15, -0.1) is 30.6 Å². The predicted molar refractivity (Wildman–Crippen MR) is 227 cm³/mol. The van der Waals surface area contributed by atoms with Crippen LogP contribution >= 0.6 is 0 Å². The van der Waals surface area contributed by atoms with Crippen LogP contribution in [-0.2, 0) is 4.79 Å². The second-order valence-corrected chi connectivity index (χ2v) is 13.2. The fourth-order valence-electron chi connectivity index (χ4n) is 5.87. The molecule has 332 valence electrons. The first kappa shape index (κ1) is 41.9. The molecule has 6 heterocycles. The van der Waals surface area contributed by atoms with Crippen molar-refractivity contribution >= 4 is 84.5 Å². The van der Waals surface area contributed by atoms with Crippen molar-refractivity contribution in [2.75, 3.05) is 0 Å². The molecule has 1 N–H and O–H groups in total. The van der Waals surface area contributed by atoms with Crippen LogP contribution in [0.2, 0.25) is 0 Å². The molecule has 0 radical (unpaired) electrons. The Bertz CT molecular complexity index is 3350. The van der Waals surface area contributed by atoms with E-state index in [4.69, 9.17) is 29.4 Å². The van der Waals surface area contributed by atoms with Crippen LogP contribution in [0.4, 0.5) is 9.59 Å². The largest absolute Gasteiger partial charge is 0.562 e. The predicted octanol–water partition coefficient (Wildman–Crippen LogP) is 2.78. The van der Waals surface area contributed by atoms with Gasteiger partial charge >= 0.3 is 18.3 Å². The van der Waals surface area contributed by atoms with Crippen LogP contribution in [0.1, 0.15) is 6.92 Å². The Morgan fingerprint density at radius 1 is 0.343 bits per heavy atom. The number of benzene rings is 6. The van der Waals surface area contributed by atoms with Gasteiger partial charge in [0.05, 0.1) is 0 Å². The summed E-state index contributed by atoms with van der Waals surface area (Å²) in [6, 6.07) is 42.6. The Labute approximate surface area is 371 Å². The molecule has 0 aliphatic heterocycles. The Kier molecular flexibility index (Phi) is 11.8. The highest BCUT2D eigenvalue weighted by Crippen LogP contribution is 2.13. The number of hydrogen-bond acceptors (Lipinski definition) is 21. The smallest absolute Gasteiger partial charge is 0.410 e. The van der Waals surface area contributed by atoms with E-state index >= 15 is 0 Å². The zero-order valence-electron chi connectivity index (χ0n) is 34.1. The minimum atomic E-state index is -1.01. The second-order valence-electron chi connectivity index (χ2n) is 13.2. The summed E-state index contributed by atoms with van der Waals surface area (Å²) in [5.74, 6) is -0.421. The van der Waals surface area contributed by atoms with Crippen LogP contribution < -0.4 is 24.2 Å². The highest BCUT2D eigenvalue weighted by molar-refractivity contribution is 5.78. The Balaban J connectivity index is 0.000000117. The van der Waals surface area contributed by atoms with E-state index in [-0.39, 0.29) is 0 Å². The summed E-state index contributed by atoms with van der Waals surface area (Å²) in [7, 11) is 0. The topological polar surface area (TPSA) is 302 Å². The van der Waals surface area contributed by atoms with E-state index in [1.54, 1.807) is 121 Å². The van der Waals surface area contributed by atoms with Gasteiger partial charge in [0, 0.05) is 6.92 Å². The number of nitrogens with zero attached hydrogens (tertiary/aromatic N) is 18. The van der Waals surface area contributed by atoms with E-state index in [2.05, 4.69) is 61.9 Å². The van der Waals surface area contributed by atoms with Gasteiger partial charge in [0.2, 0.25) is 0 Å². The van der Waals surface area contributed by atoms with Crippen LogP contribution in [0.25, 0.3) is 66.2 Å². The van der Waals surface area contributed by atoms with Crippen LogP contribution in [0.15, 0.2) is 146 Å². The molecule has 67 heavy (non-hydrogen) atoms. The van der Waals surface area contributed by atoms with E-state index < -0.39 is 18.3 Å². The molecular formula is C40H28N18O9. The highest BCUT2D eigenvalue weighted by Gasteiger charge is 2.17.